The standard InChI is InChI=1S/C14H20N8O/c1-23-10-5-15-13-19-12(11-18-20-13)21-6-8-22(9-7-21)14-16-3-2-4-17-14/h2-4,11H,5-10H2,1H3,(H,15,19,20). The third kappa shape index (κ3) is 4.01. The van der Waals surface area contributed by atoms with Gasteiger partial charge in [0.25, 0.3) is 0 Å². The normalized spacial score (nSPS) is 14.8. The van der Waals surface area contributed by atoms with E-state index in [0.717, 1.165) is 37.9 Å². The fourth-order valence-corrected chi connectivity index (χ4v) is 2.38. The molecule has 3 heterocycles. The number of piperazine rings is 1. The molecule has 2 aromatic heterocycles. The maximum atomic E-state index is 5.00. The zero-order chi connectivity index (χ0) is 15.9. The molecule has 0 saturated carbocycles. The predicted octanol–water partition coefficient (Wildman–Crippen LogP) is 0.0465. The Morgan fingerprint density at radius 1 is 1.13 bits per heavy atom. The third-order valence-corrected chi connectivity index (χ3v) is 3.57. The van der Waals surface area contributed by atoms with Gasteiger partial charge in [-0.25, -0.2) is 9.97 Å². The van der Waals surface area contributed by atoms with Crippen molar-refractivity contribution in [2.75, 3.05) is 61.6 Å². The summed E-state index contributed by atoms with van der Waals surface area (Å²) in [6, 6.07) is 1.82. The molecule has 0 aliphatic carbocycles. The van der Waals surface area contributed by atoms with E-state index < -0.39 is 0 Å². The van der Waals surface area contributed by atoms with Gasteiger partial charge in [-0.1, -0.05) is 0 Å². The van der Waals surface area contributed by atoms with Crippen LogP contribution in [0.5, 0.6) is 0 Å². The van der Waals surface area contributed by atoms with E-state index in [0.29, 0.717) is 19.1 Å². The van der Waals surface area contributed by atoms with Crippen LogP contribution in [0.15, 0.2) is 24.7 Å². The van der Waals surface area contributed by atoms with Gasteiger partial charge in [0.05, 0.1) is 12.8 Å². The Hall–Kier alpha value is -2.55. The minimum Gasteiger partial charge on any atom is -0.383 e. The average molecular weight is 316 g/mol. The lowest BCUT2D eigenvalue weighted by atomic mass is 10.3. The van der Waals surface area contributed by atoms with Crippen LogP contribution in [0.4, 0.5) is 17.7 Å². The number of methoxy groups -OCH3 is 1. The fraction of sp³-hybridized carbons (Fsp3) is 0.500. The van der Waals surface area contributed by atoms with Gasteiger partial charge >= 0.3 is 0 Å². The first-order chi connectivity index (χ1) is 11.4. The van der Waals surface area contributed by atoms with E-state index in [-0.39, 0.29) is 0 Å². The second-order valence-electron chi connectivity index (χ2n) is 5.08. The van der Waals surface area contributed by atoms with Crippen molar-refractivity contribution in [3.05, 3.63) is 24.7 Å². The van der Waals surface area contributed by atoms with E-state index >= 15 is 0 Å². The number of ether oxygens (including phenoxy) is 1. The molecule has 0 unspecified atom stereocenters. The van der Waals surface area contributed by atoms with Gasteiger partial charge in [0.15, 0.2) is 5.82 Å². The summed E-state index contributed by atoms with van der Waals surface area (Å²) in [5.74, 6) is 2.12. The summed E-state index contributed by atoms with van der Waals surface area (Å²) in [7, 11) is 1.66. The predicted molar refractivity (Wildman–Crippen MR) is 86.7 cm³/mol. The molecule has 9 heteroatoms. The largest absolute Gasteiger partial charge is 0.383 e. The highest BCUT2D eigenvalue weighted by Gasteiger charge is 2.20. The summed E-state index contributed by atoms with van der Waals surface area (Å²) in [6.07, 6.45) is 5.22. The molecule has 1 fully saturated rings. The van der Waals surface area contributed by atoms with Crippen LogP contribution in [0.25, 0.3) is 0 Å². The summed E-state index contributed by atoms with van der Waals surface area (Å²) in [6.45, 7) is 4.63. The molecule has 2 aromatic rings. The highest BCUT2D eigenvalue weighted by molar-refractivity contribution is 5.43. The molecule has 0 aromatic carbocycles. The molecule has 0 bridgehead atoms. The molecule has 3 rings (SSSR count). The number of hydrogen-bond donors (Lipinski definition) is 1. The second kappa shape index (κ2) is 7.63. The van der Waals surface area contributed by atoms with Gasteiger partial charge in [-0.2, -0.15) is 10.1 Å². The molecule has 23 heavy (non-hydrogen) atoms. The fourth-order valence-electron chi connectivity index (χ4n) is 2.38. The van der Waals surface area contributed by atoms with Crippen molar-refractivity contribution in [1.29, 1.82) is 0 Å². The van der Waals surface area contributed by atoms with Crippen LogP contribution in [-0.4, -0.2) is 71.6 Å². The molecule has 122 valence electrons. The molecule has 9 nitrogen and oxygen atoms in total. The molecule has 0 amide bonds. The third-order valence-electron chi connectivity index (χ3n) is 3.57. The molecule has 0 spiro atoms. The first-order valence-electron chi connectivity index (χ1n) is 7.56. The molecular formula is C14H20N8O. The molecule has 1 aliphatic rings. The minimum absolute atomic E-state index is 0.522. The highest BCUT2D eigenvalue weighted by Crippen LogP contribution is 2.15. The van der Waals surface area contributed by atoms with Crippen LogP contribution in [0, 0.1) is 0 Å². The number of nitrogens with zero attached hydrogens (tertiary/aromatic N) is 7. The van der Waals surface area contributed by atoms with Crippen molar-refractivity contribution in [2.24, 2.45) is 0 Å². The Labute approximate surface area is 134 Å². The minimum atomic E-state index is 0.522. The van der Waals surface area contributed by atoms with Gasteiger partial charge in [-0.15, -0.1) is 5.10 Å². The van der Waals surface area contributed by atoms with E-state index in [1.165, 1.54) is 0 Å². The summed E-state index contributed by atoms with van der Waals surface area (Å²) < 4.78 is 5.00. The van der Waals surface area contributed by atoms with Crippen molar-refractivity contribution < 1.29 is 4.74 Å². The Balaban J connectivity index is 1.58. The Morgan fingerprint density at radius 3 is 2.61 bits per heavy atom. The zero-order valence-corrected chi connectivity index (χ0v) is 13.1. The van der Waals surface area contributed by atoms with Crippen LogP contribution >= 0.6 is 0 Å². The number of nitrogens with one attached hydrogen (secondary N) is 1. The van der Waals surface area contributed by atoms with Crippen LogP contribution in [0.2, 0.25) is 0 Å². The Bertz CT molecular complexity index is 603. The monoisotopic (exact) mass is 316 g/mol. The summed E-state index contributed by atoms with van der Waals surface area (Å²) in [5.41, 5.74) is 0. The topological polar surface area (TPSA) is 92.2 Å². The van der Waals surface area contributed by atoms with E-state index in [2.05, 4.69) is 40.3 Å². The summed E-state index contributed by atoms with van der Waals surface area (Å²) in [5, 5.41) is 11.1. The second-order valence-corrected chi connectivity index (χ2v) is 5.08. The molecule has 0 radical (unpaired) electrons. The molecule has 1 N–H and O–H groups in total. The molecule has 0 atom stereocenters. The van der Waals surface area contributed by atoms with Crippen molar-refractivity contribution in [2.45, 2.75) is 0 Å². The first kappa shape index (κ1) is 15.3. The van der Waals surface area contributed by atoms with Gasteiger partial charge in [0, 0.05) is 52.2 Å². The smallest absolute Gasteiger partial charge is 0.244 e. The number of rotatable bonds is 6. The first-order valence-corrected chi connectivity index (χ1v) is 7.56. The quantitative estimate of drug-likeness (QED) is 0.742. The lowest BCUT2D eigenvalue weighted by Gasteiger charge is -2.35. The number of anilines is 3. The van der Waals surface area contributed by atoms with E-state index in [4.69, 9.17) is 4.74 Å². The van der Waals surface area contributed by atoms with E-state index in [9.17, 15) is 0 Å². The maximum Gasteiger partial charge on any atom is 0.244 e. The lowest BCUT2D eigenvalue weighted by Crippen LogP contribution is -2.47. The van der Waals surface area contributed by atoms with Crippen LogP contribution in [-0.2, 0) is 4.74 Å². The van der Waals surface area contributed by atoms with Crippen molar-refractivity contribution in [3.8, 4) is 0 Å². The highest BCUT2D eigenvalue weighted by atomic mass is 16.5. The van der Waals surface area contributed by atoms with Gasteiger partial charge in [0.1, 0.15) is 0 Å². The van der Waals surface area contributed by atoms with E-state index in [1.54, 1.807) is 25.7 Å². The Morgan fingerprint density at radius 2 is 1.87 bits per heavy atom. The van der Waals surface area contributed by atoms with Crippen LogP contribution in [0.3, 0.4) is 0 Å². The van der Waals surface area contributed by atoms with Crippen LogP contribution < -0.4 is 15.1 Å². The van der Waals surface area contributed by atoms with Gasteiger partial charge in [-0.05, 0) is 6.07 Å². The van der Waals surface area contributed by atoms with Crippen molar-refractivity contribution in [3.63, 3.8) is 0 Å². The van der Waals surface area contributed by atoms with E-state index in [1.807, 2.05) is 6.07 Å². The summed E-state index contributed by atoms with van der Waals surface area (Å²) >= 11 is 0. The van der Waals surface area contributed by atoms with Gasteiger partial charge < -0.3 is 19.9 Å². The van der Waals surface area contributed by atoms with Crippen molar-refractivity contribution in [1.82, 2.24) is 25.1 Å². The van der Waals surface area contributed by atoms with Crippen LogP contribution in [0.1, 0.15) is 0 Å². The van der Waals surface area contributed by atoms with Gasteiger partial charge in [0.2, 0.25) is 11.9 Å². The zero-order valence-electron chi connectivity index (χ0n) is 13.1. The SMILES string of the molecule is COCCNc1nncc(N2CCN(c3ncccn3)CC2)n1. The molecule has 1 aliphatic heterocycles. The molecule has 1 saturated heterocycles. The average Bonchev–Trinajstić information content (AvgIpc) is 2.63. The Kier molecular flexibility index (Phi) is 5.09. The van der Waals surface area contributed by atoms with Crippen molar-refractivity contribution >= 4 is 17.7 Å². The number of aromatic nitrogens is 5. The number of hydrogen-bond acceptors (Lipinski definition) is 9. The molecular weight excluding hydrogens is 296 g/mol. The summed E-state index contributed by atoms with van der Waals surface area (Å²) in [4.78, 5) is 17.4. The lowest BCUT2D eigenvalue weighted by molar-refractivity contribution is 0.210. The van der Waals surface area contributed by atoms with Gasteiger partial charge in [-0.3, -0.25) is 0 Å². The maximum absolute atomic E-state index is 5.00.